The molecular formula is C13H16N4O2. The summed E-state index contributed by atoms with van der Waals surface area (Å²) in [5.41, 5.74) is 7.63. The predicted octanol–water partition coefficient (Wildman–Crippen LogP) is 1.27. The average molecular weight is 260 g/mol. The van der Waals surface area contributed by atoms with Crippen molar-refractivity contribution in [2.45, 2.75) is 6.54 Å². The van der Waals surface area contributed by atoms with Crippen molar-refractivity contribution in [3.63, 3.8) is 0 Å². The smallest absolute Gasteiger partial charge is 0.257 e. The van der Waals surface area contributed by atoms with Crippen LogP contribution in [0.2, 0.25) is 0 Å². The van der Waals surface area contributed by atoms with E-state index in [4.69, 9.17) is 10.5 Å². The number of nitrogens with two attached hydrogens (primary N) is 1. The summed E-state index contributed by atoms with van der Waals surface area (Å²) in [6, 6.07) is 5.01. The Balaban J connectivity index is 2.21. The third-order valence-electron chi connectivity index (χ3n) is 2.78. The molecule has 3 N–H and O–H groups in total. The topological polar surface area (TPSA) is 84.2 Å². The van der Waals surface area contributed by atoms with Crippen LogP contribution in [0.15, 0.2) is 30.6 Å². The van der Waals surface area contributed by atoms with Gasteiger partial charge in [-0.25, -0.2) is 0 Å². The van der Waals surface area contributed by atoms with Crippen LogP contribution in [-0.2, 0) is 6.54 Å². The lowest BCUT2D eigenvalue weighted by molar-refractivity contribution is 0.0782. The van der Waals surface area contributed by atoms with Gasteiger partial charge in [-0.1, -0.05) is 0 Å². The molecule has 1 aromatic heterocycles. The molecule has 0 bridgehead atoms. The molecule has 0 saturated heterocycles. The number of ether oxygens (including phenoxy) is 1. The molecule has 0 unspecified atom stereocenters. The first-order valence-electron chi connectivity index (χ1n) is 5.78. The summed E-state index contributed by atoms with van der Waals surface area (Å²) in [5.74, 6) is 0.364. The number of amides is 1. The quantitative estimate of drug-likeness (QED) is 0.811. The molecule has 0 atom stereocenters. The van der Waals surface area contributed by atoms with Gasteiger partial charge in [-0.3, -0.25) is 9.89 Å². The summed E-state index contributed by atoms with van der Waals surface area (Å²) in [6.07, 6.45) is 3.43. The van der Waals surface area contributed by atoms with Gasteiger partial charge in [0.05, 0.1) is 18.9 Å². The number of hydrogen-bond acceptors (Lipinski definition) is 4. The molecule has 1 amide bonds. The number of nitrogens with one attached hydrogen (secondary N) is 1. The second-order valence-electron chi connectivity index (χ2n) is 4.23. The highest BCUT2D eigenvalue weighted by Crippen LogP contribution is 2.22. The standard InChI is InChI=1S/C13H16N4O2/c1-17(8-9-6-15-16-7-9)13(18)11-5-10(14)3-4-12(11)19-2/h3-7H,8,14H2,1-2H3,(H,15,16). The highest BCUT2D eigenvalue weighted by Gasteiger charge is 2.17. The maximum Gasteiger partial charge on any atom is 0.257 e. The molecule has 19 heavy (non-hydrogen) atoms. The van der Waals surface area contributed by atoms with E-state index in [9.17, 15) is 4.79 Å². The van der Waals surface area contributed by atoms with Gasteiger partial charge in [-0.15, -0.1) is 0 Å². The monoisotopic (exact) mass is 260 g/mol. The van der Waals surface area contributed by atoms with Gasteiger partial charge in [-0.2, -0.15) is 5.10 Å². The number of anilines is 1. The molecule has 1 aromatic carbocycles. The zero-order valence-corrected chi connectivity index (χ0v) is 10.9. The molecule has 6 heteroatoms. The van der Waals surface area contributed by atoms with Crippen LogP contribution in [-0.4, -0.2) is 35.2 Å². The number of carbonyl (C=O) groups is 1. The van der Waals surface area contributed by atoms with Gasteiger partial charge >= 0.3 is 0 Å². The molecule has 0 aliphatic carbocycles. The van der Waals surface area contributed by atoms with Crippen LogP contribution in [0.4, 0.5) is 5.69 Å². The summed E-state index contributed by atoms with van der Waals surface area (Å²) in [6.45, 7) is 0.466. The second kappa shape index (κ2) is 5.43. The van der Waals surface area contributed by atoms with Crippen LogP contribution in [0.25, 0.3) is 0 Å². The zero-order chi connectivity index (χ0) is 13.8. The summed E-state index contributed by atoms with van der Waals surface area (Å²) in [4.78, 5) is 13.9. The number of H-pyrrole nitrogens is 1. The average Bonchev–Trinajstić information content (AvgIpc) is 2.90. The second-order valence-corrected chi connectivity index (χ2v) is 4.23. The van der Waals surface area contributed by atoms with E-state index in [1.54, 1.807) is 42.5 Å². The van der Waals surface area contributed by atoms with Crippen molar-refractivity contribution < 1.29 is 9.53 Å². The molecule has 1 heterocycles. The number of nitrogens with zero attached hydrogens (tertiary/aromatic N) is 2. The number of nitrogen functional groups attached to an aromatic ring is 1. The van der Waals surface area contributed by atoms with Crippen molar-refractivity contribution in [2.75, 3.05) is 19.9 Å². The molecule has 0 spiro atoms. The van der Waals surface area contributed by atoms with Crippen LogP contribution >= 0.6 is 0 Å². The molecule has 0 fully saturated rings. The number of hydrogen-bond donors (Lipinski definition) is 2. The van der Waals surface area contributed by atoms with Gasteiger partial charge in [0.1, 0.15) is 5.75 Å². The number of aromatic nitrogens is 2. The van der Waals surface area contributed by atoms with Crippen molar-refractivity contribution in [2.24, 2.45) is 0 Å². The molecule has 0 radical (unpaired) electrons. The van der Waals surface area contributed by atoms with Crippen molar-refractivity contribution in [1.82, 2.24) is 15.1 Å². The van der Waals surface area contributed by atoms with Crippen molar-refractivity contribution in [1.29, 1.82) is 0 Å². The molecule has 100 valence electrons. The molecule has 2 rings (SSSR count). The zero-order valence-electron chi connectivity index (χ0n) is 10.9. The summed E-state index contributed by atoms with van der Waals surface area (Å²) in [7, 11) is 3.25. The van der Waals surface area contributed by atoms with E-state index in [2.05, 4.69) is 10.2 Å². The van der Waals surface area contributed by atoms with E-state index in [-0.39, 0.29) is 5.91 Å². The van der Waals surface area contributed by atoms with Crippen molar-refractivity contribution in [3.05, 3.63) is 41.7 Å². The maximum atomic E-state index is 12.4. The van der Waals surface area contributed by atoms with Gasteiger partial charge in [0.15, 0.2) is 0 Å². The van der Waals surface area contributed by atoms with Crippen LogP contribution in [0.5, 0.6) is 5.75 Å². The molecular weight excluding hydrogens is 244 g/mol. The van der Waals surface area contributed by atoms with E-state index in [0.717, 1.165) is 5.56 Å². The predicted molar refractivity (Wildman–Crippen MR) is 71.8 cm³/mol. The fraction of sp³-hybridized carbons (Fsp3) is 0.231. The lowest BCUT2D eigenvalue weighted by Crippen LogP contribution is -2.26. The minimum atomic E-state index is -0.148. The Morgan fingerprint density at radius 1 is 1.53 bits per heavy atom. The first-order valence-corrected chi connectivity index (χ1v) is 5.78. The molecule has 0 aliphatic heterocycles. The lowest BCUT2D eigenvalue weighted by Gasteiger charge is -2.18. The Bertz CT molecular complexity index is 566. The van der Waals surface area contributed by atoms with Crippen LogP contribution in [0.3, 0.4) is 0 Å². The third-order valence-corrected chi connectivity index (χ3v) is 2.78. The summed E-state index contributed by atoms with van der Waals surface area (Å²) in [5, 5.41) is 6.56. The van der Waals surface area contributed by atoms with Gasteiger partial charge in [0.2, 0.25) is 0 Å². The van der Waals surface area contributed by atoms with Gasteiger partial charge in [0, 0.05) is 31.0 Å². The van der Waals surface area contributed by atoms with Gasteiger partial charge in [0.25, 0.3) is 5.91 Å². The third kappa shape index (κ3) is 2.85. The highest BCUT2D eigenvalue weighted by atomic mass is 16.5. The Hall–Kier alpha value is -2.50. The fourth-order valence-corrected chi connectivity index (χ4v) is 1.81. The maximum absolute atomic E-state index is 12.4. The number of benzene rings is 1. The minimum absolute atomic E-state index is 0.148. The van der Waals surface area contributed by atoms with E-state index >= 15 is 0 Å². The van der Waals surface area contributed by atoms with Gasteiger partial charge in [-0.05, 0) is 18.2 Å². The molecule has 6 nitrogen and oxygen atoms in total. The molecule has 0 saturated carbocycles. The van der Waals surface area contributed by atoms with Gasteiger partial charge < -0.3 is 15.4 Å². The van der Waals surface area contributed by atoms with Crippen molar-refractivity contribution in [3.8, 4) is 5.75 Å². The Labute approximate surface area is 111 Å². The largest absolute Gasteiger partial charge is 0.496 e. The van der Waals surface area contributed by atoms with E-state index < -0.39 is 0 Å². The SMILES string of the molecule is COc1ccc(N)cc1C(=O)N(C)Cc1cn[nH]c1. The van der Waals surface area contributed by atoms with Crippen LogP contribution in [0, 0.1) is 0 Å². The van der Waals surface area contributed by atoms with Crippen LogP contribution < -0.4 is 10.5 Å². The summed E-state index contributed by atoms with van der Waals surface area (Å²) >= 11 is 0. The van der Waals surface area contributed by atoms with E-state index in [0.29, 0.717) is 23.5 Å². The Kier molecular flexibility index (Phi) is 3.70. The summed E-state index contributed by atoms with van der Waals surface area (Å²) < 4.78 is 5.19. The number of aromatic amines is 1. The highest BCUT2D eigenvalue weighted by molar-refractivity contribution is 5.97. The molecule has 2 aromatic rings. The number of carbonyl (C=O) groups excluding carboxylic acids is 1. The Morgan fingerprint density at radius 2 is 2.32 bits per heavy atom. The Morgan fingerprint density at radius 3 is 2.95 bits per heavy atom. The lowest BCUT2D eigenvalue weighted by atomic mass is 10.1. The fourth-order valence-electron chi connectivity index (χ4n) is 1.81. The minimum Gasteiger partial charge on any atom is -0.496 e. The van der Waals surface area contributed by atoms with Crippen LogP contribution in [0.1, 0.15) is 15.9 Å². The van der Waals surface area contributed by atoms with Crippen molar-refractivity contribution >= 4 is 11.6 Å². The number of rotatable bonds is 4. The first kappa shape index (κ1) is 12.9. The molecule has 0 aliphatic rings. The number of methoxy groups -OCH3 is 1. The normalized spacial score (nSPS) is 10.2. The van der Waals surface area contributed by atoms with E-state index in [1.807, 2.05) is 0 Å². The first-order chi connectivity index (χ1) is 9.11. The van der Waals surface area contributed by atoms with E-state index in [1.165, 1.54) is 7.11 Å².